The highest BCUT2D eigenvalue weighted by atomic mass is 35.5. The van der Waals surface area contributed by atoms with Gasteiger partial charge in [0.2, 0.25) is 0 Å². The second-order valence-corrected chi connectivity index (χ2v) is 4.45. The van der Waals surface area contributed by atoms with E-state index in [9.17, 15) is 4.79 Å². The molecule has 0 aliphatic carbocycles. The van der Waals surface area contributed by atoms with E-state index in [-0.39, 0.29) is 5.76 Å². The Kier molecular flexibility index (Phi) is 5.92. The minimum atomic E-state index is -0.412. The third-order valence-corrected chi connectivity index (χ3v) is 2.56. The molecule has 0 unspecified atom stereocenters. The number of ether oxygens (including phenoxy) is 1. The van der Waals surface area contributed by atoms with Gasteiger partial charge in [-0.2, -0.15) is 0 Å². The molecule has 98 valence electrons. The van der Waals surface area contributed by atoms with Gasteiger partial charge in [0, 0.05) is 6.92 Å². The van der Waals surface area contributed by atoms with Crippen LogP contribution < -0.4 is 0 Å². The van der Waals surface area contributed by atoms with Crippen LogP contribution in [0.15, 0.2) is 46.7 Å². The van der Waals surface area contributed by atoms with Crippen LogP contribution in [0.25, 0.3) is 6.08 Å². The van der Waals surface area contributed by atoms with Gasteiger partial charge in [0.25, 0.3) is 0 Å². The van der Waals surface area contributed by atoms with Gasteiger partial charge in [0.15, 0.2) is 5.76 Å². The monoisotopic (exact) mass is 274 g/mol. The van der Waals surface area contributed by atoms with Gasteiger partial charge in [-0.15, -0.1) is 0 Å². The lowest BCUT2D eigenvalue weighted by molar-refractivity contribution is -0.136. The average Bonchev–Trinajstić information content (AvgIpc) is 2.36. The highest BCUT2D eigenvalue weighted by Crippen LogP contribution is 2.10. The summed E-state index contributed by atoms with van der Waals surface area (Å²) in [7, 11) is 0. The van der Waals surface area contributed by atoms with Crippen molar-refractivity contribution in [3.63, 3.8) is 0 Å². The first-order chi connectivity index (χ1) is 8.99. The lowest BCUT2D eigenvalue weighted by Crippen LogP contribution is -1.97. The standard InChI is InChI=1S/C16H15ClO2/c1-12(2)16(17)10-9-15(19-13(3)18)11-14-7-5-4-6-8-14/h4-8,11H,1-3H3/b15-11+. The molecular weight excluding hydrogens is 260 g/mol. The SMILES string of the molecule is CC(=O)O/C(C#CC(Cl)=C(C)C)=C/c1ccccc1. The molecule has 19 heavy (non-hydrogen) atoms. The maximum atomic E-state index is 11.0. The molecule has 0 spiro atoms. The summed E-state index contributed by atoms with van der Waals surface area (Å²) in [6.07, 6.45) is 1.70. The molecule has 3 heteroatoms. The number of allylic oxidation sites excluding steroid dienone is 3. The summed E-state index contributed by atoms with van der Waals surface area (Å²) < 4.78 is 5.05. The summed E-state index contributed by atoms with van der Waals surface area (Å²) in [6.45, 7) is 5.07. The van der Waals surface area contributed by atoms with E-state index in [2.05, 4.69) is 11.8 Å². The van der Waals surface area contributed by atoms with E-state index in [0.717, 1.165) is 11.1 Å². The molecule has 0 atom stereocenters. The van der Waals surface area contributed by atoms with Crippen molar-refractivity contribution in [3.8, 4) is 11.8 Å². The minimum Gasteiger partial charge on any atom is -0.417 e. The first-order valence-corrected chi connectivity index (χ1v) is 6.17. The normalized spacial score (nSPS) is 10.2. The van der Waals surface area contributed by atoms with E-state index in [4.69, 9.17) is 16.3 Å². The first kappa shape index (κ1) is 15.1. The first-order valence-electron chi connectivity index (χ1n) is 5.79. The Hall–Kier alpha value is -1.98. The number of halogens is 1. The molecule has 0 amide bonds. The predicted molar refractivity (Wildman–Crippen MR) is 78.2 cm³/mol. The lowest BCUT2D eigenvalue weighted by atomic mass is 10.2. The number of benzene rings is 1. The molecule has 0 aliphatic rings. The molecule has 0 saturated carbocycles. The molecule has 0 N–H and O–H groups in total. The Morgan fingerprint density at radius 1 is 1.16 bits per heavy atom. The van der Waals surface area contributed by atoms with Gasteiger partial charge >= 0.3 is 5.97 Å². The molecule has 0 bridgehead atoms. The van der Waals surface area contributed by atoms with Gasteiger partial charge < -0.3 is 4.74 Å². The van der Waals surface area contributed by atoms with Gasteiger partial charge in [0.05, 0.1) is 5.03 Å². The maximum Gasteiger partial charge on any atom is 0.308 e. The molecule has 0 radical (unpaired) electrons. The van der Waals surface area contributed by atoms with Crippen molar-refractivity contribution in [2.75, 3.05) is 0 Å². The largest absolute Gasteiger partial charge is 0.417 e. The number of hydrogen-bond donors (Lipinski definition) is 0. The summed E-state index contributed by atoms with van der Waals surface area (Å²) in [5, 5.41) is 0.450. The fourth-order valence-electron chi connectivity index (χ4n) is 1.19. The second kappa shape index (κ2) is 7.45. The van der Waals surface area contributed by atoms with E-state index in [1.165, 1.54) is 6.92 Å². The van der Waals surface area contributed by atoms with Crippen LogP contribution in [0, 0.1) is 11.8 Å². The molecular formula is C16H15ClO2. The molecule has 2 nitrogen and oxygen atoms in total. The molecule has 0 fully saturated rings. The molecule has 0 heterocycles. The molecule has 1 aromatic rings. The van der Waals surface area contributed by atoms with Crippen molar-refractivity contribution in [1.29, 1.82) is 0 Å². The van der Waals surface area contributed by atoms with Crippen LogP contribution >= 0.6 is 11.6 Å². The Morgan fingerprint density at radius 3 is 2.32 bits per heavy atom. The highest BCUT2D eigenvalue weighted by Gasteiger charge is 1.99. The van der Waals surface area contributed by atoms with Crippen molar-refractivity contribution >= 4 is 23.6 Å². The zero-order valence-electron chi connectivity index (χ0n) is 11.2. The molecule has 0 aliphatic heterocycles. The summed E-state index contributed by atoms with van der Waals surface area (Å²) >= 11 is 5.94. The number of hydrogen-bond acceptors (Lipinski definition) is 2. The minimum absolute atomic E-state index is 0.276. The molecule has 0 saturated heterocycles. The molecule has 0 aromatic heterocycles. The number of carbonyl (C=O) groups excluding carboxylic acids is 1. The van der Waals surface area contributed by atoms with Gasteiger partial charge in [-0.25, -0.2) is 0 Å². The highest BCUT2D eigenvalue weighted by molar-refractivity contribution is 6.32. The Morgan fingerprint density at radius 2 is 1.79 bits per heavy atom. The summed E-state index contributed by atoms with van der Waals surface area (Å²) in [5.41, 5.74) is 1.82. The summed E-state index contributed by atoms with van der Waals surface area (Å²) in [5.74, 6) is 5.38. The lowest BCUT2D eigenvalue weighted by Gasteiger charge is -2.00. The smallest absolute Gasteiger partial charge is 0.308 e. The third-order valence-electron chi connectivity index (χ3n) is 2.09. The van der Waals surface area contributed by atoms with Gasteiger partial charge in [0.1, 0.15) is 0 Å². The van der Waals surface area contributed by atoms with Crippen molar-refractivity contribution < 1.29 is 9.53 Å². The number of esters is 1. The van der Waals surface area contributed by atoms with E-state index in [1.807, 2.05) is 44.2 Å². The Balaban J connectivity index is 3.06. The Labute approximate surface area is 118 Å². The average molecular weight is 275 g/mol. The van der Waals surface area contributed by atoms with Crippen molar-refractivity contribution in [2.24, 2.45) is 0 Å². The second-order valence-electron chi connectivity index (χ2n) is 4.08. The van der Waals surface area contributed by atoms with E-state index in [0.29, 0.717) is 5.03 Å². The zero-order chi connectivity index (χ0) is 14.3. The van der Waals surface area contributed by atoms with Crippen LogP contribution in [0.5, 0.6) is 0 Å². The summed E-state index contributed by atoms with van der Waals surface area (Å²) in [6, 6.07) is 9.50. The van der Waals surface area contributed by atoms with Gasteiger partial charge in [-0.3, -0.25) is 4.79 Å². The van der Waals surface area contributed by atoms with Gasteiger partial charge in [-0.1, -0.05) is 41.9 Å². The fraction of sp³-hybridized carbons (Fsp3) is 0.188. The van der Waals surface area contributed by atoms with Crippen molar-refractivity contribution in [1.82, 2.24) is 0 Å². The van der Waals surface area contributed by atoms with Crippen molar-refractivity contribution in [3.05, 3.63) is 52.3 Å². The third kappa shape index (κ3) is 5.94. The number of carbonyl (C=O) groups is 1. The topological polar surface area (TPSA) is 26.3 Å². The van der Waals surface area contributed by atoms with E-state index >= 15 is 0 Å². The predicted octanol–water partition coefficient (Wildman–Crippen LogP) is 4.13. The number of rotatable bonds is 2. The van der Waals surface area contributed by atoms with Gasteiger partial charge in [-0.05, 0) is 42.9 Å². The molecule has 1 rings (SSSR count). The van der Waals surface area contributed by atoms with Crippen LogP contribution in [-0.4, -0.2) is 5.97 Å². The van der Waals surface area contributed by atoms with Crippen LogP contribution in [0.3, 0.4) is 0 Å². The van der Waals surface area contributed by atoms with Crippen molar-refractivity contribution in [2.45, 2.75) is 20.8 Å². The van der Waals surface area contributed by atoms with E-state index in [1.54, 1.807) is 6.08 Å². The maximum absolute atomic E-state index is 11.0. The fourth-order valence-corrected chi connectivity index (χ4v) is 1.24. The van der Waals surface area contributed by atoms with Crippen LogP contribution in [0.1, 0.15) is 26.3 Å². The Bertz CT molecular complexity index is 568. The van der Waals surface area contributed by atoms with Crippen LogP contribution in [0.4, 0.5) is 0 Å². The zero-order valence-corrected chi connectivity index (χ0v) is 11.9. The van der Waals surface area contributed by atoms with Crippen LogP contribution in [-0.2, 0) is 9.53 Å². The van der Waals surface area contributed by atoms with Crippen LogP contribution in [0.2, 0.25) is 0 Å². The quantitative estimate of drug-likeness (QED) is 0.460. The molecule has 1 aromatic carbocycles. The van der Waals surface area contributed by atoms with E-state index < -0.39 is 5.97 Å². The summed E-state index contributed by atoms with van der Waals surface area (Å²) in [4.78, 5) is 11.0.